The maximum Gasteiger partial charge on any atom is 0.221 e. The van der Waals surface area contributed by atoms with E-state index in [9.17, 15) is 9.18 Å². The molecule has 1 atom stereocenters. The van der Waals surface area contributed by atoms with Gasteiger partial charge in [0.05, 0.1) is 11.6 Å². The second kappa shape index (κ2) is 9.20. The van der Waals surface area contributed by atoms with Crippen LogP contribution in [0, 0.1) is 5.82 Å². The van der Waals surface area contributed by atoms with E-state index in [2.05, 4.69) is 10.6 Å². The molecule has 1 aromatic carbocycles. The van der Waals surface area contributed by atoms with Gasteiger partial charge in [0.25, 0.3) is 0 Å². The Morgan fingerprint density at radius 3 is 2.76 bits per heavy atom. The van der Waals surface area contributed by atoms with E-state index in [1.807, 2.05) is 6.92 Å². The van der Waals surface area contributed by atoms with E-state index in [-0.39, 0.29) is 17.0 Å². The molecular formula is C14H19Cl2FN2O2. The topological polar surface area (TPSA) is 50.4 Å². The van der Waals surface area contributed by atoms with Gasteiger partial charge in [-0.25, -0.2) is 4.39 Å². The molecule has 118 valence electrons. The molecule has 0 aromatic heterocycles. The van der Waals surface area contributed by atoms with Gasteiger partial charge in [-0.3, -0.25) is 4.79 Å². The molecule has 0 fully saturated rings. The summed E-state index contributed by atoms with van der Waals surface area (Å²) in [5, 5.41) is 6.22. The zero-order chi connectivity index (χ0) is 15.8. The first kappa shape index (κ1) is 18.2. The largest absolute Gasteiger partial charge is 0.383 e. The van der Waals surface area contributed by atoms with Crippen LogP contribution in [0.4, 0.5) is 4.39 Å². The Bertz CT molecular complexity index is 486. The van der Waals surface area contributed by atoms with Gasteiger partial charge in [-0.05, 0) is 19.1 Å². The second-order valence-corrected chi connectivity index (χ2v) is 5.31. The van der Waals surface area contributed by atoms with Gasteiger partial charge < -0.3 is 15.4 Å². The Balaban J connectivity index is 2.46. The first-order valence-electron chi connectivity index (χ1n) is 6.59. The lowest BCUT2D eigenvalue weighted by molar-refractivity contribution is -0.121. The molecule has 0 aliphatic rings. The van der Waals surface area contributed by atoms with Crippen LogP contribution in [0.5, 0.6) is 0 Å². The van der Waals surface area contributed by atoms with Gasteiger partial charge in [-0.15, -0.1) is 0 Å². The van der Waals surface area contributed by atoms with Crippen molar-refractivity contribution in [1.29, 1.82) is 0 Å². The molecule has 0 radical (unpaired) electrons. The molecule has 0 saturated carbocycles. The molecular weight excluding hydrogens is 318 g/mol. The number of nitrogens with one attached hydrogen (secondary N) is 2. The van der Waals surface area contributed by atoms with E-state index < -0.39 is 5.82 Å². The minimum atomic E-state index is -0.512. The van der Waals surface area contributed by atoms with Crippen molar-refractivity contribution in [3.8, 4) is 0 Å². The van der Waals surface area contributed by atoms with Crippen molar-refractivity contribution in [2.24, 2.45) is 0 Å². The van der Waals surface area contributed by atoms with Crippen molar-refractivity contribution < 1.29 is 13.9 Å². The zero-order valence-corrected chi connectivity index (χ0v) is 13.5. The third kappa shape index (κ3) is 5.79. The Morgan fingerprint density at radius 2 is 2.10 bits per heavy atom. The summed E-state index contributed by atoms with van der Waals surface area (Å²) in [6.45, 7) is 3.20. The number of amides is 1. The van der Waals surface area contributed by atoms with Crippen LogP contribution in [0.25, 0.3) is 0 Å². The van der Waals surface area contributed by atoms with Crippen LogP contribution in [-0.4, -0.2) is 32.7 Å². The minimum Gasteiger partial charge on any atom is -0.383 e. The third-order valence-corrected chi connectivity index (χ3v) is 3.66. The average molecular weight is 337 g/mol. The van der Waals surface area contributed by atoms with Crippen molar-refractivity contribution in [2.45, 2.75) is 19.4 Å². The molecule has 1 amide bonds. The second-order valence-electron chi connectivity index (χ2n) is 4.53. The lowest BCUT2D eigenvalue weighted by Crippen LogP contribution is -2.31. The highest BCUT2D eigenvalue weighted by Gasteiger charge is 2.16. The molecule has 0 bridgehead atoms. The van der Waals surface area contributed by atoms with Crippen LogP contribution in [0.15, 0.2) is 12.1 Å². The van der Waals surface area contributed by atoms with E-state index in [0.717, 1.165) is 0 Å². The van der Waals surface area contributed by atoms with Crippen molar-refractivity contribution >= 4 is 29.1 Å². The fourth-order valence-electron chi connectivity index (χ4n) is 1.82. The van der Waals surface area contributed by atoms with Gasteiger partial charge in [-0.1, -0.05) is 23.2 Å². The highest BCUT2D eigenvalue weighted by atomic mass is 35.5. The van der Waals surface area contributed by atoms with Gasteiger partial charge in [0.1, 0.15) is 5.82 Å². The summed E-state index contributed by atoms with van der Waals surface area (Å²) in [5.41, 5.74) is 0.498. The third-order valence-electron chi connectivity index (χ3n) is 2.94. The van der Waals surface area contributed by atoms with Crippen molar-refractivity contribution in [1.82, 2.24) is 10.6 Å². The Morgan fingerprint density at radius 1 is 1.38 bits per heavy atom. The maximum atomic E-state index is 13.4. The molecule has 0 heterocycles. The number of carbonyl (C=O) groups excluding carboxylic acids is 1. The first-order valence-corrected chi connectivity index (χ1v) is 7.35. The van der Waals surface area contributed by atoms with Crippen LogP contribution in [0.2, 0.25) is 10.0 Å². The van der Waals surface area contributed by atoms with Crippen molar-refractivity contribution in [3.05, 3.63) is 33.6 Å². The van der Waals surface area contributed by atoms with E-state index in [1.54, 1.807) is 7.11 Å². The summed E-state index contributed by atoms with van der Waals surface area (Å²) in [7, 11) is 1.57. The number of halogens is 3. The molecule has 7 heteroatoms. The van der Waals surface area contributed by atoms with Crippen LogP contribution in [-0.2, 0) is 9.53 Å². The van der Waals surface area contributed by atoms with Gasteiger partial charge >= 0.3 is 0 Å². The molecule has 0 aliphatic carbocycles. The SMILES string of the molecule is COCCNC(=O)CCNC(C)c1c(Cl)ccc(F)c1Cl. The number of methoxy groups -OCH3 is 1. The molecule has 4 nitrogen and oxygen atoms in total. The van der Waals surface area contributed by atoms with E-state index in [4.69, 9.17) is 27.9 Å². The van der Waals surface area contributed by atoms with Gasteiger partial charge in [0.2, 0.25) is 5.91 Å². The Labute approximate surface area is 133 Å². The lowest BCUT2D eigenvalue weighted by atomic mass is 10.1. The van der Waals surface area contributed by atoms with E-state index in [0.29, 0.717) is 36.7 Å². The fourth-order valence-corrected chi connectivity index (χ4v) is 2.52. The quantitative estimate of drug-likeness (QED) is 0.566. The van der Waals surface area contributed by atoms with Crippen LogP contribution < -0.4 is 10.6 Å². The summed E-state index contributed by atoms with van der Waals surface area (Å²) in [6.07, 6.45) is 0.304. The van der Waals surface area contributed by atoms with E-state index in [1.165, 1.54) is 12.1 Å². The molecule has 1 aromatic rings. The summed E-state index contributed by atoms with van der Waals surface area (Å²) >= 11 is 12.0. The number of ether oxygens (including phenoxy) is 1. The zero-order valence-electron chi connectivity index (χ0n) is 12.0. The van der Waals surface area contributed by atoms with Crippen LogP contribution in [0.1, 0.15) is 24.9 Å². The van der Waals surface area contributed by atoms with E-state index >= 15 is 0 Å². The highest BCUT2D eigenvalue weighted by Crippen LogP contribution is 2.32. The fraction of sp³-hybridized carbons (Fsp3) is 0.500. The van der Waals surface area contributed by atoms with Gasteiger partial charge in [0, 0.05) is 43.2 Å². The Kier molecular flexibility index (Phi) is 7.96. The molecule has 2 N–H and O–H groups in total. The molecule has 0 spiro atoms. The van der Waals surface area contributed by atoms with Crippen LogP contribution in [0.3, 0.4) is 0 Å². The molecule has 1 rings (SSSR count). The minimum absolute atomic E-state index is 0.00652. The highest BCUT2D eigenvalue weighted by molar-refractivity contribution is 6.36. The summed E-state index contributed by atoms with van der Waals surface area (Å²) in [4.78, 5) is 11.5. The van der Waals surface area contributed by atoms with Gasteiger partial charge in [0.15, 0.2) is 0 Å². The van der Waals surface area contributed by atoms with Crippen LogP contribution >= 0.6 is 23.2 Å². The average Bonchev–Trinajstić information content (AvgIpc) is 2.44. The molecule has 1 unspecified atom stereocenters. The number of carbonyl (C=O) groups is 1. The number of rotatable bonds is 8. The van der Waals surface area contributed by atoms with Crippen molar-refractivity contribution in [3.63, 3.8) is 0 Å². The van der Waals surface area contributed by atoms with Crippen molar-refractivity contribution in [2.75, 3.05) is 26.8 Å². The normalized spacial score (nSPS) is 12.2. The number of hydrogen-bond donors (Lipinski definition) is 2. The summed E-state index contributed by atoms with van der Waals surface area (Å²) in [5.74, 6) is -0.592. The Hall–Kier alpha value is -0.880. The number of hydrogen-bond acceptors (Lipinski definition) is 3. The first-order chi connectivity index (χ1) is 9.97. The maximum absolute atomic E-state index is 13.4. The summed E-state index contributed by atoms with van der Waals surface area (Å²) < 4.78 is 18.3. The molecule has 0 saturated heterocycles. The van der Waals surface area contributed by atoms with Gasteiger partial charge in [-0.2, -0.15) is 0 Å². The summed E-state index contributed by atoms with van der Waals surface area (Å²) in [6, 6.07) is 2.44. The number of benzene rings is 1. The predicted molar refractivity (Wildman–Crippen MR) is 82.3 cm³/mol. The molecule has 21 heavy (non-hydrogen) atoms. The smallest absolute Gasteiger partial charge is 0.221 e. The monoisotopic (exact) mass is 336 g/mol. The predicted octanol–water partition coefficient (Wildman–Crippen LogP) is 2.94. The standard InChI is InChI=1S/C14H19Cl2FN2O2/c1-9(13-10(15)3-4-11(17)14(13)16)18-6-5-12(20)19-7-8-21-2/h3-4,9,18H,5-8H2,1-2H3,(H,19,20). The molecule has 0 aliphatic heterocycles. The lowest BCUT2D eigenvalue weighted by Gasteiger charge is -2.17.